The second kappa shape index (κ2) is 70.6. The van der Waals surface area contributed by atoms with Gasteiger partial charge in [-0.1, -0.05) is 365 Å². The number of carbonyl (C=O) groups excluding carboxylic acids is 2. The lowest BCUT2D eigenvalue weighted by atomic mass is 10.0. The molecule has 0 aromatic heterocycles. The zero-order chi connectivity index (χ0) is 58.5. The number of rotatable bonds is 69. The lowest BCUT2D eigenvalue weighted by molar-refractivity contribution is -0.143. The molecule has 0 saturated carbocycles. The number of hydrogen-bond acceptors (Lipinski definition) is 5. The van der Waals surface area contributed by atoms with Gasteiger partial charge in [0.15, 0.2) is 0 Å². The van der Waals surface area contributed by atoms with Gasteiger partial charge < -0.3 is 20.3 Å². The number of nitrogens with one attached hydrogen (secondary N) is 1. The van der Waals surface area contributed by atoms with Crippen LogP contribution in [0.15, 0.2) is 36.5 Å². The fourth-order valence-corrected chi connectivity index (χ4v) is 11.6. The molecular formula is C75H143NO5. The van der Waals surface area contributed by atoms with E-state index in [9.17, 15) is 19.8 Å². The van der Waals surface area contributed by atoms with Gasteiger partial charge in [-0.05, 0) is 64.2 Å². The average Bonchev–Trinajstić information content (AvgIpc) is 3.47. The van der Waals surface area contributed by atoms with Gasteiger partial charge in [-0.3, -0.25) is 9.59 Å². The van der Waals surface area contributed by atoms with Gasteiger partial charge in [0.1, 0.15) is 0 Å². The highest BCUT2D eigenvalue weighted by Crippen LogP contribution is 2.19. The molecule has 478 valence electrons. The van der Waals surface area contributed by atoms with Crippen LogP contribution in [0.4, 0.5) is 0 Å². The zero-order valence-electron chi connectivity index (χ0n) is 54.8. The Kier molecular flexibility index (Phi) is 68.9. The summed E-state index contributed by atoms with van der Waals surface area (Å²) in [5.74, 6) is -0.0471. The first kappa shape index (κ1) is 79.1. The molecule has 0 fully saturated rings. The van der Waals surface area contributed by atoms with Crippen molar-refractivity contribution in [1.29, 1.82) is 0 Å². The van der Waals surface area contributed by atoms with E-state index in [0.717, 1.165) is 51.4 Å². The number of esters is 1. The molecule has 0 aliphatic heterocycles. The Balaban J connectivity index is 3.32. The number of aliphatic hydroxyl groups excluding tert-OH is 2. The Bertz CT molecular complexity index is 1310. The Hall–Kier alpha value is -1.92. The van der Waals surface area contributed by atoms with Gasteiger partial charge in [0, 0.05) is 12.8 Å². The molecular weight excluding hydrogens is 995 g/mol. The van der Waals surface area contributed by atoms with Crippen LogP contribution >= 0.6 is 0 Å². The first-order valence-electron chi connectivity index (χ1n) is 36.8. The monoisotopic (exact) mass is 1140 g/mol. The Morgan fingerprint density at radius 1 is 0.346 bits per heavy atom. The van der Waals surface area contributed by atoms with Crippen molar-refractivity contribution in [3.63, 3.8) is 0 Å². The summed E-state index contributed by atoms with van der Waals surface area (Å²) in [5.41, 5.74) is 0. The van der Waals surface area contributed by atoms with Crippen molar-refractivity contribution in [3.05, 3.63) is 36.5 Å². The summed E-state index contributed by atoms with van der Waals surface area (Å²) in [7, 11) is 0. The van der Waals surface area contributed by atoms with Crippen LogP contribution in [0.2, 0.25) is 0 Å². The number of hydrogen-bond donors (Lipinski definition) is 3. The van der Waals surface area contributed by atoms with Crippen LogP contribution in [0.1, 0.15) is 406 Å². The molecule has 1 amide bonds. The van der Waals surface area contributed by atoms with Crippen molar-refractivity contribution in [1.82, 2.24) is 5.32 Å². The molecule has 2 atom stereocenters. The van der Waals surface area contributed by atoms with Crippen molar-refractivity contribution in [2.75, 3.05) is 13.2 Å². The van der Waals surface area contributed by atoms with E-state index in [4.69, 9.17) is 4.74 Å². The van der Waals surface area contributed by atoms with Crippen molar-refractivity contribution >= 4 is 11.9 Å². The van der Waals surface area contributed by atoms with Crippen molar-refractivity contribution in [3.8, 4) is 0 Å². The second-order valence-corrected chi connectivity index (χ2v) is 25.3. The molecule has 0 saturated heterocycles. The van der Waals surface area contributed by atoms with E-state index < -0.39 is 12.1 Å². The smallest absolute Gasteiger partial charge is 0.305 e. The van der Waals surface area contributed by atoms with E-state index >= 15 is 0 Å². The van der Waals surface area contributed by atoms with E-state index in [1.807, 2.05) is 6.08 Å². The van der Waals surface area contributed by atoms with Crippen LogP contribution in [0, 0.1) is 0 Å². The molecule has 0 spiro atoms. The SMILES string of the molecule is CCCCC/C=C\C/C=C\CCCCCCCCCC(=O)OCCCCCCCCCCCCCCCCCCCCCCCCCCCCCCCCCCCC(=O)NC(CO)C(O)/C=C/CCCCCCCCCCCCCC. The number of aliphatic hydroxyl groups is 2. The first-order chi connectivity index (χ1) is 40.0. The maximum absolute atomic E-state index is 12.5. The molecule has 6 nitrogen and oxygen atoms in total. The highest BCUT2D eigenvalue weighted by atomic mass is 16.5. The second-order valence-electron chi connectivity index (χ2n) is 25.3. The van der Waals surface area contributed by atoms with E-state index in [1.165, 1.54) is 327 Å². The molecule has 0 heterocycles. The number of unbranched alkanes of at least 4 members (excludes halogenated alkanes) is 54. The standard InChI is InChI=1S/C75H143NO5/c1-3-5-7-9-11-13-15-17-19-37-41-45-49-53-57-61-65-69-75(80)81-70-66-62-58-54-50-46-42-39-36-34-32-30-28-26-24-22-20-21-23-25-27-29-31-33-35-38-40-44-48-52-56-60-64-68-74(79)76-72(71-77)73(78)67-63-59-55-51-47-43-18-16-14-12-10-8-6-4-2/h11,13,17,19,63,67,72-73,77-78H,3-10,12,14-16,18,20-62,64-66,68-71H2,1-2H3,(H,76,79)/b13-11-,19-17-,67-63+. The summed E-state index contributed by atoms with van der Waals surface area (Å²) in [6.45, 7) is 4.91. The summed E-state index contributed by atoms with van der Waals surface area (Å²) >= 11 is 0. The summed E-state index contributed by atoms with van der Waals surface area (Å²) in [4.78, 5) is 24.6. The van der Waals surface area contributed by atoms with Gasteiger partial charge in [-0.15, -0.1) is 0 Å². The molecule has 0 aromatic carbocycles. The summed E-state index contributed by atoms with van der Waals surface area (Å²) in [5, 5.41) is 23.2. The van der Waals surface area contributed by atoms with E-state index in [-0.39, 0.29) is 18.5 Å². The molecule has 0 bridgehead atoms. The minimum absolute atomic E-state index is 0.0141. The zero-order valence-corrected chi connectivity index (χ0v) is 54.8. The van der Waals surface area contributed by atoms with E-state index in [0.29, 0.717) is 19.4 Å². The number of allylic oxidation sites excluding steroid dienone is 5. The third-order valence-electron chi connectivity index (χ3n) is 17.2. The molecule has 3 N–H and O–H groups in total. The first-order valence-corrected chi connectivity index (χ1v) is 36.8. The molecule has 0 aliphatic rings. The molecule has 0 rings (SSSR count). The lowest BCUT2D eigenvalue weighted by Crippen LogP contribution is -2.45. The Labute approximate surface area is 506 Å². The van der Waals surface area contributed by atoms with Gasteiger partial charge in [0.05, 0.1) is 25.4 Å². The molecule has 2 unspecified atom stereocenters. The van der Waals surface area contributed by atoms with Gasteiger partial charge in [-0.2, -0.15) is 0 Å². The van der Waals surface area contributed by atoms with Crippen LogP contribution in [0.5, 0.6) is 0 Å². The number of carbonyl (C=O) groups is 2. The minimum Gasteiger partial charge on any atom is -0.466 e. The Morgan fingerprint density at radius 3 is 0.963 bits per heavy atom. The fourth-order valence-electron chi connectivity index (χ4n) is 11.6. The van der Waals surface area contributed by atoms with Crippen LogP contribution in [0.25, 0.3) is 0 Å². The number of amides is 1. The fraction of sp³-hybridized carbons (Fsp3) is 0.893. The van der Waals surface area contributed by atoms with Gasteiger partial charge in [0.25, 0.3) is 0 Å². The quantitative estimate of drug-likeness (QED) is 0.0320. The van der Waals surface area contributed by atoms with E-state index in [2.05, 4.69) is 43.5 Å². The van der Waals surface area contributed by atoms with Gasteiger partial charge in [0.2, 0.25) is 5.91 Å². The van der Waals surface area contributed by atoms with Gasteiger partial charge in [-0.25, -0.2) is 0 Å². The van der Waals surface area contributed by atoms with Crippen molar-refractivity contribution in [2.24, 2.45) is 0 Å². The van der Waals surface area contributed by atoms with E-state index in [1.54, 1.807) is 6.08 Å². The largest absolute Gasteiger partial charge is 0.466 e. The van der Waals surface area contributed by atoms with Crippen molar-refractivity contribution in [2.45, 2.75) is 418 Å². The third kappa shape index (κ3) is 67.1. The molecule has 0 aliphatic carbocycles. The maximum Gasteiger partial charge on any atom is 0.305 e. The predicted molar refractivity (Wildman–Crippen MR) is 356 cm³/mol. The average molecular weight is 1140 g/mol. The minimum atomic E-state index is -0.840. The van der Waals surface area contributed by atoms with Gasteiger partial charge >= 0.3 is 5.97 Å². The summed E-state index contributed by atoms with van der Waals surface area (Å²) in [6.07, 6.45) is 91.0. The highest BCUT2D eigenvalue weighted by Gasteiger charge is 2.18. The van der Waals surface area contributed by atoms with Crippen LogP contribution < -0.4 is 5.32 Å². The highest BCUT2D eigenvalue weighted by molar-refractivity contribution is 5.76. The van der Waals surface area contributed by atoms with Crippen LogP contribution in [-0.2, 0) is 14.3 Å². The normalized spacial score (nSPS) is 12.7. The third-order valence-corrected chi connectivity index (χ3v) is 17.2. The molecule has 0 aromatic rings. The molecule has 0 radical (unpaired) electrons. The Morgan fingerprint density at radius 2 is 0.617 bits per heavy atom. The summed E-state index contributed by atoms with van der Waals surface area (Å²) in [6, 6.07) is -0.624. The maximum atomic E-state index is 12.5. The lowest BCUT2D eigenvalue weighted by Gasteiger charge is -2.20. The molecule has 81 heavy (non-hydrogen) atoms. The topological polar surface area (TPSA) is 95.9 Å². The number of ether oxygens (including phenoxy) is 1. The molecule has 6 heteroatoms. The van der Waals surface area contributed by atoms with Crippen LogP contribution in [0.3, 0.4) is 0 Å². The van der Waals surface area contributed by atoms with Crippen LogP contribution in [-0.4, -0.2) is 47.4 Å². The summed E-state index contributed by atoms with van der Waals surface area (Å²) < 4.78 is 5.50. The predicted octanol–water partition coefficient (Wildman–Crippen LogP) is 23.9. The van der Waals surface area contributed by atoms with Crippen molar-refractivity contribution < 1.29 is 24.5 Å².